The molecule has 0 radical (unpaired) electrons. The first-order chi connectivity index (χ1) is 10.3. The summed E-state index contributed by atoms with van der Waals surface area (Å²) in [5.74, 6) is 0.952. The van der Waals surface area contributed by atoms with E-state index in [4.69, 9.17) is 4.74 Å². The van der Waals surface area contributed by atoms with Crippen molar-refractivity contribution in [1.29, 1.82) is 0 Å². The van der Waals surface area contributed by atoms with Crippen LogP contribution in [0.5, 0.6) is 5.75 Å². The van der Waals surface area contributed by atoms with Gasteiger partial charge < -0.3 is 4.74 Å². The van der Waals surface area contributed by atoms with Crippen molar-refractivity contribution < 1.29 is 9.53 Å². The van der Waals surface area contributed by atoms with E-state index in [-0.39, 0.29) is 5.91 Å². The van der Waals surface area contributed by atoms with E-state index >= 15 is 0 Å². The number of methoxy groups -OCH3 is 1. The Morgan fingerprint density at radius 1 is 1.05 bits per heavy atom. The van der Waals surface area contributed by atoms with E-state index in [1.807, 2.05) is 60.8 Å². The second-order valence-corrected chi connectivity index (χ2v) is 4.99. The lowest BCUT2D eigenvalue weighted by molar-refractivity contribution is 0.0908. The first kappa shape index (κ1) is 13.4. The van der Waals surface area contributed by atoms with Crippen LogP contribution < -0.4 is 4.74 Å². The van der Waals surface area contributed by atoms with E-state index in [2.05, 4.69) is 0 Å². The van der Waals surface area contributed by atoms with Gasteiger partial charge in [-0.1, -0.05) is 30.3 Å². The molecule has 0 bridgehead atoms. The van der Waals surface area contributed by atoms with E-state index < -0.39 is 0 Å². The van der Waals surface area contributed by atoms with Gasteiger partial charge in [0.25, 0.3) is 0 Å². The number of aromatic nitrogens is 1. The number of rotatable bonds is 4. The summed E-state index contributed by atoms with van der Waals surface area (Å²) < 4.78 is 6.87. The Bertz CT molecular complexity index is 756. The van der Waals surface area contributed by atoms with Gasteiger partial charge in [0, 0.05) is 18.0 Å². The summed E-state index contributed by atoms with van der Waals surface area (Å²) in [7, 11) is 1.65. The molecule has 0 atom stereocenters. The summed E-state index contributed by atoms with van der Waals surface area (Å²) in [5, 5.41) is 1.09. The number of carbonyl (C=O) groups excluding carboxylic acids is 1. The number of para-hydroxylation sites is 1. The molecule has 3 heteroatoms. The molecule has 0 N–H and O–H groups in total. The van der Waals surface area contributed by atoms with E-state index in [0.29, 0.717) is 6.42 Å². The van der Waals surface area contributed by atoms with Gasteiger partial charge in [-0.3, -0.25) is 9.36 Å². The minimum absolute atomic E-state index is 0.118. The molecule has 3 rings (SSSR count). The lowest BCUT2D eigenvalue weighted by atomic mass is 10.1. The minimum atomic E-state index is 0.118. The lowest BCUT2D eigenvalue weighted by Crippen LogP contribution is -2.10. The number of benzene rings is 2. The van der Waals surface area contributed by atoms with E-state index in [1.54, 1.807) is 11.7 Å². The van der Waals surface area contributed by atoms with E-state index in [1.165, 1.54) is 0 Å². The van der Waals surface area contributed by atoms with Crippen molar-refractivity contribution in [3.8, 4) is 5.75 Å². The molecular weight excluding hydrogens is 262 g/mol. The number of ether oxygens (including phenoxy) is 1. The Morgan fingerprint density at radius 2 is 1.81 bits per heavy atom. The molecule has 0 aliphatic carbocycles. The second kappa shape index (κ2) is 5.83. The van der Waals surface area contributed by atoms with Gasteiger partial charge in [0.1, 0.15) is 5.75 Å². The molecule has 0 amide bonds. The lowest BCUT2D eigenvalue weighted by Gasteiger charge is -2.05. The van der Waals surface area contributed by atoms with Gasteiger partial charge in [0.15, 0.2) is 0 Å². The van der Waals surface area contributed by atoms with Gasteiger partial charge >= 0.3 is 0 Å². The Kier molecular flexibility index (Phi) is 3.73. The Hall–Kier alpha value is -2.55. The van der Waals surface area contributed by atoms with Crippen LogP contribution in [0.2, 0.25) is 0 Å². The fourth-order valence-corrected chi connectivity index (χ4v) is 2.46. The fourth-order valence-electron chi connectivity index (χ4n) is 2.46. The Labute approximate surface area is 123 Å². The zero-order valence-corrected chi connectivity index (χ0v) is 12.0. The van der Waals surface area contributed by atoms with E-state index in [0.717, 1.165) is 28.6 Å². The summed E-state index contributed by atoms with van der Waals surface area (Å²) in [5.41, 5.74) is 2.11. The Balaban J connectivity index is 1.71. The topological polar surface area (TPSA) is 31.2 Å². The SMILES string of the molecule is COc1ccc(CCC(=O)n2ccc3ccccc32)cc1. The number of carbonyl (C=O) groups is 1. The number of aryl methyl sites for hydroxylation is 1. The molecular formula is C18H17NO2. The largest absolute Gasteiger partial charge is 0.497 e. The monoisotopic (exact) mass is 279 g/mol. The van der Waals surface area contributed by atoms with Crippen LogP contribution in [-0.2, 0) is 6.42 Å². The molecule has 3 nitrogen and oxygen atoms in total. The summed E-state index contributed by atoms with van der Waals surface area (Å²) in [6.07, 6.45) is 3.07. The smallest absolute Gasteiger partial charge is 0.231 e. The molecule has 0 aliphatic rings. The summed E-state index contributed by atoms with van der Waals surface area (Å²) in [6, 6.07) is 17.7. The van der Waals surface area contributed by atoms with Gasteiger partial charge in [-0.2, -0.15) is 0 Å². The first-order valence-corrected chi connectivity index (χ1v) is 7.00. The quantitative estimate of drug-likeness (QED) is 0.724. The maximum atomic E-state index is 12.4. The van der Waals surface area contributed by atoms with Crippen molar-refractivity contribution in [2.75, 3.05) is 7.11 Å². The van der Waals surface area contributed by atoms with Crippen LogP contribution in [0.15, 0.2) is 60.8 Å². The molecule has 1 aromatic heterocycles. The van der Waals surface area contributed by atoms with Crippen molar-refractivity contribution in [3.63, 3.8) is 0 Å². The average molecular weight is 279 g/mol. The molecule has 0 aliphatic heterocycles. The maximum Gasteiger partial charge on any atom is 0.231 e. The average Bonchev–Trinajstić information content (AvgIpc) is 2.97. The van der Waals surface area contributed by atoms with Gasteiger partial charge in [-0.05, 0) is 36.2 Å². The van der Waals surface area contributed by atoms with Crippen LogP contribution in [0.4, 0.5) is 0 Å². The molecule has 1 heterocycles. The van der Waals surface area contributed by atoms with E-state index in [9.17, 15) is 4.79 Å². The molecule has 2 aromatic carbocycles. The van der Waals surface area contributed by atoms with Crippen molar-refractivity contribution in [3.05, 3.63) is 66.4 Å². The highest BCUT2D eigenvalue weighted by molar-refractivity contribution is 5.92. The summed E-state index contributed by atoms with van der Waals surface area (Å²) in [6.45, 7) is 0. The number of nitrogens with zero attached hydrogens (tertiary/aromatic N) is 1. The Morgan fingerprint density at radius 3 is 2.57 bits per heavy atom. The van der Waals surface area contributed by atoms with Crippen LogP contribution in [0.25, 0.3) is 10.9 Å². The minimum Gasteiger partial charge on any atom is -0.497 e. The molecule has 106 valence electrons. The highest BCUT2D eigenvalue weighted by Gasteiger charge is 2.08. The second-order valence-electron chi connectivity index (χ2n) is 4.99. The zero-order chi connectivity index (χ0) is 14.7. The molecule has 21 heavy (non-hydrogen) atoms. The van der Waals surface area contributed by atoms with Crippen LogP contribution >= 0.6 is 0 Å². The standard InChI is InChI=1S/C18H17NO2/c1-21-16-9-6-14(7-10-16)8-11-18(20)19-13-12-15-4-2-3-5-17(15)19/h2-7,9-10,12-13H,8,11H2,1H3. The van der Waals surface area contributed by atoms with Gasteiger partial charge in [0.05, 0.1) is 12.6 Å². The number of hydrogen-bond acceptors (Lipinski definition) is 2. The third kappa shape index (κ3) is 2.82. The van der Waals surface area contributed by atoms with Gasteiger partial charge in [-0.15, -0.1) is 0 Å². The van der Waals surface area contributed by atoms with Gasteiger partial charge in [0.2, 0.25) is 5.91 Å². The van der Waals surface area contributed by atoms with Crippen molar-refractivity contribution >= 4 is 16.8 Å². The first-order valence-electron chi connectivity index (χ1n) is 7.00. The highest BCUT2D eigenvalue weighted by atomic mass is 16.5. The maximum absolute atomic E-state index is 12.4. The molecule has 0 unspecified atom stereocenters. The zero-order valence-electron chi connectivity index (χ0n) is 12.0. The van der Waals surface area contributed by atoms with Crippen LogP contribution in [-0.4, -0.2) is 17.6 Å². The van der Waals surface area contributed by atoms with Crippen molar-refractivity contribution in [2.45, 2.75) is 12.8 Å². The molecule has 0 fully saturated rings. The van der Waals surface area contributed by atoms with Crippen molar-refractivity contribution in [1.82, 2.24) is 4.57 Å². The fraction of sp³-hybridized carbons (Fsp3) is 0.167. The van der Waals surface area contributed by atoms with Crippen molar-refractivity contribution in [2.24, 2.45) is 0 Å². The van der Waals surface area contributed by atoms with Crippen LogP contribution in [0.1, 0.15) is 16.8 Å². The number of fused-ring (bicyclic) bond motifs is 1. The normalized spacial score (nSPS) is 10.7. The molecule has 3 aromatic rings. The highest BCUT2D eigenvalue weighted by Crippen LogP contribution is 2.17. The van der Waals surface area contributed by atoms with Crippen LogP contribution in [0.3, 0.4) is 0 Å². The third-order valence-corrected chi connectivity index (χ3v) is 3.65. The number of hydrogen-bond donors (Lipinski definition) is 0. The predicted octanol–water partition coefficient (Wildman–Crippen LogP) is 3.92. The summed E-state index contributed by atoms with van der Waals surface area (Å²) >= 11 is 0. The van der Waals surface area contributed by atoms with Gasteiger partial charge in [-0.25, -0.2) is 0 Å². The van der Waals surface area contributed by atoms with Crippen LogP contribution in [0, 0.1) is 0 Å². The third-order valence-electron chi connectivity index (χ3n) is 3.65. The molecule has 0 saturated carbocycles. The predicted molar refractivity (Wildman–Crippen MR) is 83.9 cm³/mol. The molecule has 0 saturated heterocycles. The summed E-state index contributed by atoms with van der Waals surface area (Å²) in [4.78, 5) is 12.4. The molecule has 0 spiro atoms.